The lowest BCUT2D eigenvalue weighted by Crippen LogP contribution is -2.13. The van der Waals surface area contributed by atoms with Crippen LogP contribution in [0.15, 0.2) is 85.2 Å². The van der Waals surface area contributed by atoms with E-state index in [0.29, 0.717) is 17.1 Å². The molecule has 0 saturated heterocycles. The van der Waals surface area contributed by atoms with Gasteiger partial charge in [-0.2, -0.15) is 5.10 Å². The van der Waals surface area contributed by atoms with Crippen LogP contribution >= 0.6 is 0 Å². The van der Waals surface area contributed by atoms with Crippen molar-refractivity contribution in [3.63, 3.8) is 0 Å². The summed E-state index contributed by atoms with van der Waals surface area (Å²) in [4.78, 5) is 16.7. The minimum absolute atomic E-state index is 0.222. The van der Waals surface area contributed by atoms with Gasteiger partial charge < -0.3 is 5.32 Å². The molecule has 4 rings (SSSR count). The Bertz CT molecular complexity index is 1220. The van der Waals surface area contributed by atoms with Gasteiger partial charge in [0.2, 0.25) is 0 Å². The summed E-state index contributed by atoms with van der Waals surface area (Å²) >= 11 is 0. The number of pyridine rings is 1. The average Bonchev–Trinajstić information content (AvgIpc) is 3.24. The van der Waals surface area contributed by atoms with Crippen molar-refractivity contribution in [1.82, 2.24) is 14.8 Å². The number of anilines is 1. The second kappa shape index (κ2) is 8.19. The fourth-order valence-electron chi connectivity index (χ4n) is 2.65. The van der Waals surface area contributed by atoms with E-state index in [9.17, 15) is 9.18 Å². The zero-order valence-electron chi connectivity index (χ0n) is 15.2. The van der Waals surface area contributed by atoms with E-state index in [1.54, 1.807) is 42.7 Å². The monoisotopic (exact) mass is 382 g/mol. The van der Waals surface area contributed by atoms with Crippen LogP contribution < -0.4 is 5.32 Å². The summed E-state index contributed by atoms with van der Waals surface area (Å²) in [5.41, 5.74) is 2.78. The Morgan fingerprint density at radius 3 is 2.69 bits per heavy atom. The SMILES string of the molecule is O=C(Nc1cccc(C#Cc2ccccn2)c1)c1ccn(-c2cccc(F)c2)n1. The number of halogens is 1. The maximum atomic E-state index is 13.4. The molecule has 29 heavy (non-hydrogen) atoms. The predicted octanol–water partition coefficient (Wildman–Crippen LogP) is 4.06. The first-order chi connectivity index (χ1) is 14.2. The highest BCUT2D eigenvalue weighted by atomic mass is 19.1. The Kier molecular flexibility index (Phi) is 5.12. The second-order valence-electron chi connectivity index (χ2n) is 6.13. The molecule has 0 unspecified atom stereocenters. The quantitative estimate of drug-likeness (QED) is 0.544. The van der Waals surface area contributed by atoms with Crippen molar-refractivity contribution in [2.45, 2.75) is 0 Å². The molecule has 4 aromatic rings. The summed E-state index contributed by atoms with van der Waals surface area (Å²) in [6.45, 7) is 0. The molecule has 0 bridgehead atoms. The molecule has 0 aliphatic carbocycles. The number of carbonyl (C=O) groups excluding carboxylic acids is 1. The third-order valence-electron chi connectivity index (χ3n) is 4.01. The van der Waals surface area contributed by atoms with Crippen LogP contribution in [0.4, 0.5) is 10.1 Å². The Hall–Kier alpha value is -4.24. The van der Waals surface area contributed by atoms with Gasteiger partial charge in [0.1, 0.15) is 11.5 Å². The maximum Gasteiger partial charge on any atom is 0.276 e. The number of carbonyl (C=O) groups is 1. The molecule has 2 heterocycles. The Balaban J connectivity index is 1.49. The van der Waals surface area contributed by atoms with Crippen molar-refractivity contribution >= 4 is 11.6 Å². The molecule has 1 amide bonds. The molecule has 5 nitrogen and oxygen atoms in total. The fourth-order valence-corrected chi connectivity index (χ4v) is 2.65. The lowest BCUT2D eigenvalue weighted by Gasteiger charge is -2.04. The van der Waals surface area contributed by atoms with E-state index < -0.39 is 0 Å². The number of nitrogens with zero attached hydrogens (tertiary/aromatic N) is 3. The molecular formula is C23H15FN4O. The third-order valence-corrected chi connectivity index (χ3v) is 4.01. The van der Waals surface area contributed by atoms with E-state index in [4.69, 9.17) is 0 Å². The van der Waals surface area contributed by atoms with Crippen LogP contribution in [-0.4, -0.2) is 20.7 Å². The molecule has 2 aromatic heterocycles. The average molecular weight is 382 g/mol. The smallest absolute Gasteiger partial charge is 0.276 e. The Morgan fingerprint density at radius 2 is 1.86 bits per heavy atom. The summed E-state index contributed by atoms with van der Waals surface area (Å²) in [5.74, 6) is 5.27. The van der Waals surface area contributed by atoms with E-state index in [0.717, 1.165) is 5.56 Å². The standard InChI is InChI=1S/C23H15FN4O/c24-18-6-4-9-21(16-18)28-14-12-22(27-28)23(29)26-20-8-3-5-17(15-20)10-11-19-7-1-2-13-25-19/h1-9,12-16H,(H,26,29). The van der Waals surface area contributed by atoms with E-state index in [-0.39, 0.29) is 17.4 Å². The van der Waals surface area contributed by atoms with E-state index in [2.05, 4.69) is 27.2 Å². The van der Waals surface area contributed by atoms with Crippen LogP contribution in [0.5, 0.6) is 0 Å². The highest BCUT2D eigenvalue weighted by Gasteiger charge is 2.11. The van der Waals surface area contributed by atoms with E-state index in [1.807, 2.05) is 30.3 Å². The number of rotatable bonds is 3. The summed E-state index contributed by atoms with van der Waals surface area (Å²) < 4.78 is 14.8. The van der Waals surface area contributed by atoms with Gasteiger partial charge in [-0.25, -0.2) is 14.1 Å². The minimum Gasteiger partial charge on any atom is -0.321 e. The Labute approximate surface area is 166 Å². The van der Waals surface area contributed by atoms with Crippen molar-refractivity contribution < 1.29 is 9.18 Å². The molecule has 1 N–H and O–H groups in total. The summed E-state index contributed by atoms with van der Waals surface area (Å²) in [7, 11) is 0. The predicted molar refractivity (Wildman–Crippen MR) is 108 cm³/mol. The van der Waals surface area contributed by atoms with Crippen molar-refractivity contribution in [1.29, 1.82) is 0 Å². The first-order valence-corrected chi connectivity index (χ1v) is 8.83. The second-order valence-corrected chi connectivity index (χ2v) is 6.13. The van der Waals surface area contributed by atoms with E-state index in [1.165, 1.54) is 16.8 Å². The number of aromatic nitrogens is 3. The van der Waals surface area contributed by atoms with Gasteiger partial charge >= 0.3 is 0 Å². The van der Waals surface area contributed by atoms with Gasteiger partial charge in [-0.05, 0) is 60.5 Å². The molecule has 0 spiro atoms. The van der Waals surface area contributed by atoms with Gasteiger partial charge in [-0.1, -0.05) is 24.1 Å². The Morgan fingerprint density at radius 1 is 0.966 bits per heavy atom. The molecule has 140 valence electrons. The molecule has 0 radical (unpaired) electrons. The van der Waals surface area contributed by atoms with Crippen LogP contribution in [0.25, 0.3) is 5.69 Å². The lowest BCUT2D eigenvalue weighted by molar-refractivity contribution is 0.102. The van der Waals surface area contributed by atoms with Gasteiger partial charge in [0.15, 0.2) is 5.69 Å². The number of benzene rings is 2. The zero-order chi connectivity index (χ0) is 20.1. The van der Waals surface area contributed by atoms with Gasteiger partial charge in [0.25, 0.3) is 5.91 Å². The lowest BCUT2D eigenvalue weighted by atomic mass is 10.2. The van der Waals surface area contributed by atoms with Crippen LogP contribution in [0, 0.1) is 17.7 Å². The van der Waals surface area contributed by atoms with Crippen molar-refractivity contribution in [2.75, 3.05) is 5.32 Å². The summed E-state index contributed by atoms with van der Waals surface area (Å²) in [5, 5.41) is 7.02. The first-order valence-electron chi connectivity index (χ1n) is 8.83. The molecule has 0 aliphatic heterocycles. The number of hydrogen-bond acceptors (Lipinski definition) is 3. The van der Waals surface area contributed by atoms with Crippen LogP contribution in [-0.2, 0) is 0 Å². The molecule has 0 fully saturated rings. The zero-order valence-corrected chi connectivity index (χ0v) is 15.2. The number of amides is 1. The molecule has 2 aromatic carbocycles. The van der Waals surface area contributed by atoms with Gasteiger partial charge in [0, 0.05) is 23.6 Å². The van der Waals surface area contributed by atoms with Crippen molar-refractivity contribution in [3.8, 4) is 17.5 Å². The molecular weight excluding hydrogens is 367 g/mol. The van der Waals surface area contributed by atoms with Crippen LogP contribution in [0.1, 0.15) is 21.7 Å². The summed E-state index contributed by atoms with van der Waals surface area (Å²) in [6.07, 6.45) is 3.29. The number of nitrogens with one attached hydrogen (secondary N) is 1. The maximum absolute atomic E-state index is 13.4. The van der Waals surface area contributed by atoms with Gasteiger partial charge in [0.05, 0.1) is 5.69 Å². The van der Waals surface area contributed by atoms with Crippen LogP contribution in [0.2, 0.25) is 0 Å². The van der Waals surface area contributed by atoms with E-state index >= 15 is 0 Å². The minimum atomic E-state index is -0.368. The van der Waals surface area contributed by atoms with Crippen molar-refractivity contribution in [2.24, 2.45) is 0 Å². The largest absolute Gasteiger partial charge is 0.321 e. The highest BCUT2D eigenvalue weighted by Crippen LogP contribution is 2.13. The highest BCUT2D eigenvalue weighted by molar-refractivity contribution is 6.02. The third kappa shape index (κ3) is 4.54. The van der Waals surface area contributed by atoms with Crippen molar-refractivity contribution in [3.05, 3.63) is 108 Å². The van der Waals surface area contributed by atoms with Crippen LogP contribution in [0.3, 0.4) is 0 Å². The van der Waals surface area contributed by atoms with Gasteiger partial charge in [-0.3, -0.25) is 4.79 Å². The van der Waals surface area contributed by atoms with Gasteiger partial charge in [-0.15, -0.1) is 0 Å². The first kappa shape index (κ1) is 18.1. The molecule has 0 atom stereocenters. The number of hydrogen-bond donors (Lipinski definition) is 1. The molecule has 0 saturated carbocycles. The summed E-state index contributed by atoms with van der Waals surface area (Å²) in [6, 6.07) is 20.3. The molecule has 6 heteroatoms. The fraction of sp³-hybridized carbons (Fsp3) is 0. The molecule has 0 aliphatic rings. The topological polar surface area (TPSA) is 59.8 Å². The normalized spacial score (nSPS) is 10.1.